The van der Waals surface area contributed by atoms with Gasteiger partial charge in [0, 0.05) is 27.7 Å². The zero-order valence-corrected chi connectivity index (χ0v) is 25.9. The van der Waals surface area contributed by atoms with Crippen LogP contribution in [-0.2, 0) is 12.7 Å². The third-order valence-electron chi connectivity index (χ3n) is 8.27. The van der Waals surface area contributed by atoms with Crippen molar-refractivity contribution >= 4 is 50.0 Å². The van der Waals surface area contributed by atoms with Crippen LogP contribution in [0.5, 0.6) is 5.75 Å². The van der Waals surface area contributed by atoms with Crippen LogP contribution in [0.1, 0.15) is 46.1 Å². The highest BCUT2D eigenvalue weighted by Gasteiger charge is 2.37. The van der Waals surface area contributed by atoms with Crippen molar-refractivity contribution in [1.29, 1.82) is 0 Å². The number of pyridine rings is 1. The van der Waals surface area contributed by atoms with Crippen LogP contribution < -0.4 is 10.3 Å². The first-order valence-corrected chi connectivity index (χ1v) is 15.5. The standard InChI is InChI=1S/C32H28ClF3N4O4S/c1-17-38-26-15-25(32(34,35)36)21(18-6-9-39(2)10-7-18)14-23(26)30(41)40(17)11-12-44-27-4-3-19(33)13-22(27)20-5-8-37-28-24(31(42)43)16-45-29(20)28/h3-5,8,13-16,18H,6-7,9-12H2,1-2H3,(H,42,43). The minimum atomic E-state index is -4.57. The fourth-order valence-electron chi connectivity index (χ4n) is 5.94. The lowest BCUT2D eigenvalue weighted by Gasteiger charge is -2.31. The molecule has 0 aliphatic carbocycles. The lowest BCUT2D eigenvalue weighted by atomic mass is 9.85. The summed E-state index contributed by atoms with van der Waals surface area (Å²) in [6, 6.07) is 9.21. The third kappa shape index (κ3) is 6.01. The first kappa shape index (κ1) is 31.0. The Morgan fingerprint density at radius 3 is 2.62 bits per heavy atom. The molecule has 45 heavy (non-hydrogen) atoms. The molecule has 4 heterocycles. The molecule has 234 valence electrons. The van der Waals surface area contributed by atoms with Gasteiger partial charge in [0.2, 0.25) is 0 Å². The quantitative estimate of drug-likeness (QED) is 0.197. The van der Waals surface area contributed by atoms with Gasteiger partial charge in [-0.3, -0.25) is 14.3 Å². The molecule has 0 unspecified atom stereocenters. The SMILES string of the molecule is Cc1nc2cc(C(F)(F)F)c(C3CCN(C)CC3)cc2c(=O)n1CCOc1ccc(Cl)cc1-c1ccnc2c(C(=O)O)csc12. The van der Waals surface area contributed by atoms with Crippen LogP contribution in [0.25, 0.3) is 32.2 Å². The summed E-state index contributed by atoms with van der Waals surface area (Å²) in [4.78, 5) is 36.1. The van der Waals surface area contributed by atoms with Crippen molar-refractivity contribution in [2.45, 2.75) is 38.4 Å². The Bertz CT molecular complexity index is 2000. The average molecular weight is 657 g/mol. The number of carboxylic acid groups (broad SMARTS) is 1. The zero-order chi connectivity index (χ0) is 32.0. The molecule has 3 aromatic heterocycles. The number of aromatic carboxylic acids is 1. The van der Waals surface area contributed by atoms with Crippen molar-refractivity contribution in [3.63, 3.8) is 0 Å². The molecular weight excluding hydrogens is 629 g/mol. The maximum absolute atomic E-state index is 14.1. The van der Waals surface area contributed by atoms with Crippen LogP contribution in [-0.4, -0.2) is 57.3 Å². The van der Waals surface area contributed by atoms with Gasteiger partial charge in [0.25, 0.3) is 5.56 Å². The lowest BCUT2D eigenvalue weighted by Crippen LogP contribution is -2.30. The molecule has 1 N–H and O–H groups in total. The predicted molar refractivity (Wildman–Crippen MR) is 168 cm³/mol. The number of fused-ring (bicyclic) bond motifs is 2. The number of hydrogen-bond acceptors (Lipinski definition) is 7. The van der Waals surface area contributed by atoms with E-state index in [1.54, 1.807) is 31.2 Å². The first-order valence-electron chi connectivity index (χ1n) is 14.3. The summed E-state index contributed by atoms with van der Waals surface area (Å²) in [6.45, 7) is 3.08. The summed E-state index contributed by atoms with van der Waals surface area (Å²) in [7, 11) is 1.94. The van der Waals surface area contributed by atoms with Crippen LogP contribution in [0.15, 0.2) is 52.8 Å². The Morgan fingerprint density at radius 2 is 1.91 bits per heavy atom. The highest BCUT2D eigenvalue weighted by atomic mass is 35.5. The van der Waals surface area contributed by atoms with Crippen molar-refractivity contribution < 1.29 is 27.8 Å². The van der Waals surface area contributed by atoms with Gasteiger partial charge in [-0.1, -0.05) is 11.6 Å². The number of nitrogens with zero attached hydrogens (tertiary/aromatic N) is 4. The van der Waals surface area contributed by atoms with Gasteiger partial charge < -0.3 is 14.7 Å². The van der Waals surface area contributed by atoms with Gasteiger partial charge in [-0.05, 0) is 87.8 Å². The first-order chi connectivity index (χ1) is 21.4. The van der Waals surface area contributed by atoms with E-state index in [2.05, 4.69) is 14.9 Å². The molecule has 5 aromatic rings. The number of piperidine rings is 1. The Morgan fingerprint density at radius 1 is 1.16 bits per heavy atom. The van der Waals surface area contributed by atoms with Gasteiger partial charge in [-0.15, -0.1) is 11.3 Å². The van der Waals surface area contributed by atoms with Crippen molar-refractivity contribution in [3.05, 3.63) is 85.9 Å². The van der Waals surface area contributed by atoms with Gasteiger partial charge in [-0.25, -0.2) is 9.78 Å². The Labute approximate surface area is 264 Å². The second-order valence-electron chi connectivity index (χ2n) is 11.1. The van der Waals surface area contributed by atoms with Gasteiger partial charge >= 0.3 is 12.1 Å². The largest absolute Gasteiger partial charge is 0.491 e. The number of thiophene rings is 1. The number of halogens is 4. The Kier molecular flexibility index (Phi) is 8.31. The molecule has 2 aromatic carbocycles. The summed E-state index contributed by atoms with van der Waals surface area (Å²) in [5, 5.41) is 11.7. The number of rotatable bonds is 7. The van der Waals surface area contributed by atoms with Crippen molar-refractivity contribution in [2.75, 3.05) is 26.7 Å². The van der Waals surface area contributed by atoms with E-state index in [9.17, 15) is 27.9 Å². The van der Waals surface area contributed by atoms with Crippen molar-refractivity contribution in [3.8, 4) is 16.9 Å². The second kappa shape index (κ2) is 12.1. The molecule has 1 fully saturated rings. The number of aromatic nitrogens is 3. The van der Waals surface area contributed by atoms with E-state index < -0.39 is 23.3 Å². The molecule has 0 atom stereocenters. The van der Waals surface area contributed by atoms with Gasteiger partial charge in [-0.2, -0.15) is 13.2 Å². The number of alkyl halides is 3. The smallest absolute Gasteiger partial charge is 0.416 e. The summed E-state index contributed by atoms with van der Waals surface area (Å²) < 4.78 is 50.6. The van der Waals surface area contributed by atoms with Gasteiger partial charge in [0.15, 0.2) is 0 Å². The number of hydrogen-bond donors (Lipinski definition) is 1. The molecule has 0 radical (unpaired) electrons. The molecule has 0 amide bonds. The summed E-state index contributed by atoms with van der Waals surface area (Å²) in [6.07, 6.45) is -1.90. The molecule has 0 saturated carbocycles. The maximum atomic E-state index is 14.1. The number of ether oxygens (including phenoxy) is 1. The fourth-order valence-corrected chi connectivity index (χ4v) is 7.14. The minimum Gasteiger partial charge on any atom is -0.491 e. The van der Waals surface area contributed by atoms with Crippen molar-refractivity contribution in [2.24, 2.45) is 0 Å². The number of carbonyl (C=O) groups is 1. The molecule has 1 aliphatic heterocycles. The van der Waals surface area contributed by atoms with E-state index in [1.807, 2.05) is 7.05 Å². The molecule has 13 heteroatoms. The Hall–Kier alpha value is -4.00. The van der Waals surface area contributed by atoms with E-state index in [-0.39, 0.29) is 46.9 Å². The fraction of sp³-hybridized carbons (Fsp3) is 0.312. The van der Waals surface area contributed by atoms with E-state index in [0.717, 1.165) is 6.07 Å². The molecular formula is C32H28ClF3N4O4S. The number of carboxylic acids is 1. The molecule has 0 bridgehead atoms. The monoisotopic (exact) mass is 656 g/mol. The van der Waals surface area contributed by atoms with Gasteiger partial charge in [0.1, 0.15) is 18.2 Å². The van der Waals surface area contributed by atoms with E-state index >= 15 is 0 Å². The number of benzene rings is 2. The third-order valence-corrected chi connectivity index (χ3v) is 9.51. The summed E-state index contributed by atoms with van der Waals surface area (Å²) in [5.74, 6) is -0.664. The molecule has 6 rings (SSSR count). The van der Waals surface area contributed by atoms with Crippen LogP contribution in [0.3, 0.4) is 0 Å². The maximum Gasteiger partial charge on any atom is 0.416 e. The normalized spacial score (nSPS) is 14.8. The van der Waals surface area contributed by atoms with E-state index in [4.69, 9.17) is 16.3 Å². The van der Waals surface area contributed by atoms with Gasteiger partial charge in [0.05, 0.1) is 38.8 Å². The predicted octanol–water partition coefficient (Wildman–Crippen LogP) is 7.24. The Balaban J connectivity index is 1.32. The highest BCUT2D eigenvalue weighted by molar-refractivity contribution is 7.18. The molecule has 1 aliphatic rings. The average Bonchev–Trinajstić information content (AvgIpc) is 3.44. The topological polar surface area (TPSA) is 97.5 Å². The zero-order valence-electron chi connectivity index (χ0n) is 24.3. The number of aryl methyl sites for hydroxylation is 1. The molecule has 8 nitrogen and oxygen atoms in total. The minimum absolute atomic E-state index is 0.0111. The van der Waals surface area contributed by atoms with E-state index in [0.29, 0.717) is 58.0 Å². The van der Waals surface area contributed by atoms with E-state index in [1.165, 1.54) is 33.5 Å². The van der Waals surface area contributed by atoms with Crippen LogP contribution in [0, 0.1) is 6.92 Å². The summed E-state index contributed by atoms with van der Waals surface area (Å²) in [5.41, 5.74) is 0.749. The molecule has 0 spiro atoms. The highest BCUT2D eigenvalue weighted by Crippen LogP contribution is 2.41. The lowest BCUT2D eigenvalue weighted by molar-refractivity contribution is -0.138. The van der Waals surface area contributed by atoms with Crippen molar-refractivity contribution in [1.82, 2.24) is 19.4 Å². The molecule has 1 saturated heterocycles. The van der Waals surface area contributed by atoms with Crippen LogP contribution in [0.2, 0.25) is 5.02 Å². The van der Waals surface area contributed by atoms with Crippen LogP contribution >= 0.6 is 22.9 Å². The summed E-state index contributed by atoms with van der Waals surface area (Å²) >= 11 is 7.58. The number of likely N-dealkylation sites (tertiary alicyclic amines) is 1. The second-order valence-corrected chi connectivity index (χ2v) is 12.4. The van der Waals surface area contributed by atoms with Crippen LogP contribution in [0.4, 0.5) is 13.2 Å².